The summed E-state index contributed by atoms with van der Waals surface area (Å²) in [6.07, 6.45) is 0. The Hall–Kier alpha value is -2.54. The Labute approximate surface area is 182 Å². The van der Waals surface area contributed by atoms with Gasteiger partial charge < -0.3 is 19.5 Å². The van der Waals surface area contributed by atoms with E-state index in [-0.39, 0.29) is 6.04 Å². The average molecular weight is 425 g/mol. The molecule has 0 saturated carbocycles. The van der Waals surface area contributed by atoms with Crippen LogP contribution in [0.3, 0.4) is 0 Å². The molecule has 1 aromatic heterocycles. The summed E-state index contributed by atoms with van der Waals surface area (Å²) in [6, 6.07) is 16.7. The van der Waals surface area contributed by atoms with Crippen molar-refractivity contribution in [2.45, 2.75) is 12.6 Å². The fourth-order valence-corrected chi connectivity index (χ4v) is 4.59. The zero-order valence-electron chi connectivity index (χ0n) is 17.5. The molecule has 0 spiro atoms. The number of rotatable bonds is 8. The zero-order valence-corrected chi connectivity index (χ0v) is 18.3. The number of piperazine rings is 1. The van der Waals surface area contributed by atoms with Crippen LogP contribution in [0.25, 0.3) is 0 Å². The van der Waals surface area contributed by atoms with Crippen LogP contribution >= 0.6 is 11.3 Å². The van der Waals surface area contributed by atoms with Gasteiger partial charge in [0, 0.05) is 26.2 Å². The van der Waals surface area contributed by atoms with Crippen LogP contribution in [0.5, 0.6) is 17.2 Å². The van der Waals surface area contributed by atoms with Gasteiger partial charge in [-0.25, -0.2) is 0 Å². The number of nitrogens with one attached hydrogen (secondary N) is 1. The maximum atomic E-state index is 6.14. The molecule has 0 radical (unpaired) electrons. The van der Waals surface area contributed by atoms with E-state index in [4.69, 9.17) is 14.2 Å². The molecule has 1 unspecified atom stereocenters. The molecule has 1 aliphatic rings. The minimum atomic E-state index is 0.157. The SMILES string of the molecule is COc1cc(C(c2ccsc2)N2CCNCC2)cc(OC)c1OCc1ccccc1. The summed E-state index contributed by atoms with van der Waals surface area (Å²) in [5.74, 6) is 2.02. The zero-order chi connectivity index (χ0) is 20.8. The van der Waals surface area contributed by atoms with Gasteiger partial charge in [0.05, 0.1) is 20.3 Å². The van der Waals surface area contributed by atoms with Crippen molar-refractivity contribution in [3.8, 4) is 17.2 Å². The largest absolute Gasteiger partial charge is 0.493 e. The third-order valence-corrected chi connectivity index (χ3v) is 6.10. The molecule has 30 heavy (non-hydrogen) atoms. The van der Waals surface area contributed by atoms with Crippen LogP contribution in [0.4, 0.5) is 0 Å². The molecule has 0 aliphatic carbocycles. The molecule has 5 nitrogen and oxygen atoms in total. The van der Waals surface area contributed by atoms with Gasteiger partial charge in [0.15, 0.2) is 11.5 Å². The Balaban J connectivity index is 1.68. The lowest BCUT2D eigenvalue weighted by Crippen LogP contribution is -2.45. The first-order chi connectivity index (χ1) is 14.8. The molecule has 1 atom stereocenters. The van der Waals surface area contributed by atoms with Crippen LogP contribution in [-0.2, 0) is 6.61 Å². The summed E-state index contributed by atoms with van der Waals surface area (Å²) in [4.78, 5) is 2.51. The molecular weight excluding hydrogens is 396 g/mol. The van der Waals surface area contributed by atoms with Crippen molar-refractivity contribution >= 4 is 11.3 Å². The number of benzene rings is 2. The highest BCUT2D eigenvalue weighted by Crippen LogP contribution is 2.43. The second-order valence-electron chi connectivity index (χ2n) is 7.27. The van der Waals surface area contributed by atoms with E-state index in [0.29, 0.717) is 23.9 Å². The molecule has 3 aromatic rings. The fraction of sp³-hybridized carbons (Fsp3) is 0.333. The molecule has 1 aliphatic heterocycles. The van der Waals surface area contributed by atoms with Crippen molar-refractivity contribution < 1.29 is 14.2 Å². The maximum absolute atomic E-state index is 6.14. The third-order valence-electron chi connectivity index (χ3n) is 5.40. The lowest BCUT2D eigenvalue weighted by Gasteiger charge is -2.35. The average Bonchev–Trinajstić information content (AvgIpc) is 3.33. The summed E-state index contributed by atoms with van der Waals surface area (Å²) in [5, 5.41) is 7.81. The second-order valence-corrected chi connectivity index (χ2v) is 8.05. The second kappa shape index (κ2) is 9.98. The van der Waals surface area contributed by atoms with Crippen LogP contribution in [0.1, 0.15) is 22.7 Å². The predicted octanol–water partition coefficient (Wildman–Crippen LogP) is 4.34. The molecule has 0 bridgehead atoms. The van der Waals surface area contributed by atoms with E-state index in [1.165, 1.54) is 5.56 Å². The van der Waals surface area contributed by atoms with E-state index in [1.54, 1.807) is 25.6 Å². The first-order valence-electron chi connectivity index (χ1n) is 10.2. The standard InChI is InChI=1S/C24H28N2O3S/c1-27-21-14-20(23(19-8-13-30-17-19)26-11-9-25-10-12-26)15-22(28-2)24(21)29-16-18-6-4-3-5-7-18/h3-8,13-15,17,23,25H,9-12,16H2,1-2H3. The Morgan fingerprint density at radius 2 is 1.67 bits per heavy atom. The van der Waals surface area contributed by atoms with Crippen molar-refractivity contribution in [3.63, 3.8) is 0 Å². The van der Waals surface area contributed by atoms with Crippen molar-refractivity contribution in [3.05, 3.63) is 76.0 Å². The van der Waals surface area contributed by atoms with Gasteiger partial charge in [-0.15, -0.1) is 0 Å². The molecule has 158 valence electrons. The van der Waals surface area contributed by atoms with Crippen molar-refractivity contribution in [1.29, 1.82) is 0 Å². The highest BCUT2D eigenvalue weighted by Gasteiger charge is 2.27. The minimum Gasteiger partial charge on any atom is -0.493 e. The van der Waals surface area contributed by atoms with E-state index in [9.17, 15) is 0 Å². The lowest BCUT2D eigenvalue weighted by molar-refractivity contribution is 0.197. The van der Waals surface area contributed by atoms with Gasteiger partial charge in [-0.05, 0) is 45.6 Å². The summed E-state index contributed by atoms with van der Waals surface area (Å²) < 4.78 is 17.6. The molecule has 2 heterocycles. The molecule has 0 amide bonds. The normalized spacial score (nSPS) is 15.5. The number of nitrogens with zero attached hydrogens (tertiary/aromatic N) is 1. The number of hydrogen-bond donors (Lipinski definition) is 1. The van der Waals surface area contributed by atoms with Gasteiger partial charge in [0.2, 0.25) is 5.75 Å². The van der Waals surface area contributed by atoms with Gasteiger partial charge in [-0.2, -0.15) is 11.3 Å². The topological polar surface area (TPSA) is 43.0 Å². The number of thiophene rings is 1. The van der Waals surface area contributed by atoms with Crippen LogP contribution in [0.15, 0.2) is 59.3 Å². The Morgan fingerprint density at radius 3 is 2.27 bits per heavy atom. The smallest absolute Gasteiger partial charge is 0.203 e. The third kappa shape index (κ3) is 4.61. The van der Waals surface area contributed by atoms with Crippen molar-refractivity contribution in [1.82, 2.24) is 10.2 Å². The quantitative estimate of drug-likeness (QED) is 0.583. The Morgan fingerprint density at radius 1 is 0.967 bits per heavy atom. The monoisotopic (exact) mass is 424 g/mol. The van der Waals surface area contributed by atoms with E-state index in [2.05, 4.69) is 39.2 Å². The summed E-state index contributed by atoms with van der Waals surface area (Å²) >= 11 is 1.73. The Bertz CT molecular complexity index is 900. The van der Waals surface area contributed by atoms with Crippen molar-refractivity contribution in [2.24, 2.45) is 0 Å². The van der Waals surface area contributed by atoms with Gasteiger partial charge in [-0.1, -0.05) is 30.3 Å². The number of hydrogen-bond acceptors (Lipinski definition) is 6. The predicted molar refractivity (Wildman–Crippen MR) is 121 cm³/mol. The van der Waals surface area contributed by atoms with E-state index in [0.717, 1.165) is 37.3 Å². The fourth-order valence-electron chi connectivity index (χ4n) is 3.92. The lowest BCUT2D eigenvalue weighted by atomic mass is 9.97. The van der Waals surface area contributed by atoms with Crippen LogP contribution in [-0.4, -0.2) is 45.3 Å². The molecule has 1 N–H and O–H groups in total. The molecular formula is C24H28N2O3S. The van der Waals surface area contributed by atoms with E-state index >= 15 is 0 Å². The molecule has 1 saturated heterocycles. The van der Waals surface area contributed by atoms with Gasteiger partial charge in [0.1, 0.15) is 6.61 Å². The van der Waals surface area contributed by atoms with E-state index in [1.807, 2.05) is 30.3 Å². The molecule has 4 rings (SSSR count). The molecule has 1 fully saturated rings. The number of ether oxygens (including phenoxy) is 3. The first kappa shape index (κ1) is 20.7. The highest BCUT2D eigenvalue weighted by atomic mass is 32.1. The summed E-state index contributed by atoms with van der Waals surface area (Å²) in [7, 11) is 3.36. The van der Waals surface area contributed by atoms with Crippen LogP contribution in [0.2, 0.25) is 0 Å². The van der Waals surface area contributed by atoms with E-state index < -0.39 is 0 Å². The minimum absolute atomic E-state index is 0.157. The first-order valence-corrected chi connectivity index (χ1v) is 11.1. The Kier molecular flexibility index (Phi) is 6.89. The maximum Gasteiger partial charge on any atom is 0.203 e. The van der Waals surface area contributed by atoms with Crippen molar-refractivity contribution in [2.75, 3.05) is 40.4 Å². The summed E-state index contributed by atoms with van der Waals surface area (Å²) in [6.45, 7) is 4.44. The van der Waals surface area contributed by atoms with Gasteiger partial charge in [-0.3, -0.25) is 4.90 Å². The highest BCUT2D eigenvalue weighted by molar-refractivity contribution is 7.08. The van der Waals surface area contributed by atoms with Gasteiger partial charge in [0.25, 0.3) is 0 Å². The van der Waals surface area contributed by atoms with Gasteiger partial charge >= 0.3 is 0 Å². The van der Waals surface area contributed by atoms with Crippen LogP contribution in [0, 0.1) is 0 Å². The molecule has 2 aromatic carbocycles. The molecule has 6 heteroatoms. The van der Waals surface area contributed by atoms with Crippen LogP contribution < -0.4 is 19.5 Å². The summed E-state index contributed by atoms with van der Waals surface area (Å²) in [5.41, 5.74) is 3.54. The number of methoxy groups -OCH3 is 2.